The van der Waals surface area contributed by atoms with Gasteiger partial charge in [0.15, 0.2) is 0 Å². The lowest BCUT2D eigenvalue weighted by molar-refractivity contribution is -0.139. The average molecular weight is 292 g/mol. The first-order valence-corrected chi connectivity index (χ1v) is 6.65. The molecule has 0 aliphatic rings. The Balaban J connectivity index is 2.10. The van der Waals surface area contributed by atoms with Crippen LogP contribution in [0.5, 0.6) is 5.75 Å². The molecule has 0 unspecified atom stereocenters. The van der Waals surface area contributed by atoms with E-state index in [1.807, 2.05) is 0 Å². The number of aromatic hydroxyl groups is 1. The number of rotatable bonds is 7. The summed E-state index contributed by atoms with van der Waals surface area (Å²) in [6, 6.07) is 5.87. The third-order valence-electron chi connectivity index (χ3n) is 2.56. The highest BCUT2D eigenvalue weighted by Crippen LogP contribution is 2.13. The Kier molecular flexibility index (Phi) is 6.80. The minimum atomic E-state index is -0.395. The summed E-state index contributed by atoms with van der Waals surface area (Å²) in [5.74, 6) is -0.252. The smallest absolute Gasteiger partial charge is 0.333 e. The highest BCUT2D eigenvalue weighted by Gasteiger charge is 2.03. The monoisotopic (exact) mass is 292 g/mol. The first-order chi connectivity index (χ1) is 9.99. The number of carbonyl (C=O) groups excluding carboxylic acids is 2. The van der Waals surface area contributed by atoms with Crippen molar-refractivity contribution in [1.82, 2.24) is 5.32 Å². The van der Waals surface area contributed by atoms with Crippen molar-refractivity contribution < 1.29 is 19.4 Å². The van der Waals surface area contributed by atoms with Gasteiger partial charge in [-0.15, -0.1) is 0 Å². The predicted molar refractivity (Wildman–Crippen MR) is 80.1 cm³/mol. The van der Waals surface area contributed by atoms with Crippen molar-refractivity contribution in [2.45, 2.75) is 19.8 Å². The van der Waals surface area contributed by atoms with E-state index in [0.29, 0.717) is 37.3 Å². The first-order valence-electron chi connectivity index (χ1n) is 6.65. The maximum Gasteiger partial charge on any atom is 0.333 e. The van der Waals surface area contributed by atoms with Gasteiger partial charge in [-0.25, -0.2) is 9.59 Å². The fourth-order valence-corrected chi connectivity index (χ4v) is 1.44. The lowest BCUT2D eigenvalue weighted by atomic mass is 10.3. The molecule has 0 saturated heterocycles. The van der Waals surface area contributed by atoms with Crippen molar-refractivity contribution >= 4 is 17.7 Å². The number of phenolic OH excluding ortho intramolecular Hbond substituents is 1. The largest absolute Gasteiger partial charge is 0.508 e. The van der Waals surface area contributed by atoms with E-state index in [2.05, 4.69) is 17.2 Å². The topological polar surface area (TPSA) is 87.7 Å². The second-order valence-electron chi connectivity index (χ2n) is 4.55. The number of phenols is 1. The number of hydrogen-bond donors (Lipinski definition) is 3. The lowest BCUT2D eigenvalue weighted by Gasteiger charge is -2.08. The molecule has 0 heterocycles. The van der Waals surface area contributed by atoms with Gasteiger partial charge in [-0.3, -0.25) is 0 Å². The Morgan fingerprint density at radius 1 is 1.24 bits per heavy atom. The number of esters is 1. The fraction of sp³-hybridized carbons (Fsp3) is 0.333. The van der Waals surface area contributed by atoms with Crippen molar-refractivity contribution in [2.75, 3.05) is 18.5 Å². The Morgan fingerprint density at radius 3 is 2.52 bits per heavy atom. The van der Waals surface area contributed by atoms with Crippen LogP contribution in [-0.2, 0) is 9.53 Å². The highest BCUT2D eigenvalue weighted by atomic mass is 16.5. The average Bonchev–Trinajstić information content (AvgIpc) is 2.44. The number of carbonyl (C=O) groups is 2. The van der Waals surface area contributed by atoms with Crippen molar-refractivity contribution in [3.63, 3.8) is 0 Å². The number of urea groups is 1. The molecule has 1 rings (SSSR count). The van der Waals surface area contributed by atoms with Crippen LogP contribution < -0.4 is 10.6 Å². The van der Waals surface area contributed by atoms with Crippen LogP contribution in [0.15, 0.2) is 36.4 Å². The van der Waals surface area contributed by atoms with Crippen LogP contribution in [0, 0.1) is 0 Å². The molecule has 0 spiro atoms. The zero-order valence-electron chi connectivity index (χ0n) is 12.0. The molecule has 1 aromatic rings. The number of nitrogens with one attached hydrogen (secondary N) is 2. The summed E-state index contributed by atoms with van der Waals surface area (Å²) in [6.07, 6.45) is 1.37. The molecule has 1 aromatic carbocycles. The van der Waals surface area contributed by atoms with Crippen LogP contribution in [0.25, 0.3) is 0 Å². The molecule has 0 fully saturated rings. The summed E-state index contributed by atoms with van der Waals surface area (Å²) in [5, 5.41) is 14.4. The van der Waals surface area contributed by atoms with Crippen LogP contribution in [0.4, 0.5) is 10.5 Å². The Hall–Kier alpha value is -2.50. The van der Waals surface area contributed by atoms with E-state index in [9.17, 15) is 9.59 Å². The quantitative estimate of drug-likeness (QED) is 0.312. The molecular formula is C15H20N2O4. The van der Waals surface area contributed by atoms with Gasteiger partial charge in [-0.05, 0) is 44.0 Å². The summed E-state index contributed by atoms with van der Waals surface area (Å²) >= 11 is 0. The van der Waals surface area contributed by atoms with E-state index in [0.717, 1.165) is 0 Å². The van der Waals surface area contributed by atoms with Crippen LogP contribution in [0.2, 0.25) is 0 Å². The molecule has 2 amide bonds. The molecule has 114 valence electrons. The van der Waals surface area contributed by atoms with E-state index in [4.69, 9.17) is 9.84 Å². The predicted octanol–water partition coefficient (Wildman–Crippen LogP) is 2.41. The zero-order valence-corrected chi connectivity index (χ0v) is 12.0. The molecule has 0 saturated carbocycles. The van der Waals surface area contributed by atoms with Gasteiger partial charge in [0.05, 0.1) is 6.61 Å². The van der Waals surface area contributed by atoms with Gasteiger partial charge in [0.2, 0.25) is 0 Å². The number of benzene rings is 1. The third-order valence-corrected chi connectivity index (χ3v) is 2.56. The summed E-state index contributed by atoms with van der Waals surface area (Å²) in [5.41, 5.74) is 0.974. The standard InChI is InChI=1S/C15H20N2O4/c1-11(2)14(19)21-10-4-3-9-16-15(20)17-12-5-7-13(18)8-6-12/h5-8,18H,1,3-4,9-10H2,2H3,(H2,16,17,20). The minimum absolute atomic E-state index is 0.144. The van der Waals surface area contributed by atoms with Gasteiger partial charge in [0.25, 0.3) is 0 Å². The van der Waals surface area contributed by atoms with Crippen LogP contribution >= 0.6 is 0 Å². The van der Waals surface area contributed by atoms with Crippen LogP contribution in [0.3, 0.4) is 0 Å². The molecule has 0 atom stereocenters. The molecule has 0 aliphatic heterocycles. The Bertz CT molecular complexity index is 497. The summed E-state index contributed by atoms with van der Waals surface area (Å²) in [6.45, 7) is 5.87. The molecule has 6 heteroatoms. The van der Waals surface area contributed by atoms with E-state index in [1.165, 1.54) is 12.1 Å². The number of unbranched alkanes of at least 4 members (excludes halogenated alkanes) is 1. The van der Waals surface area contributed by atoms with Crippen LogP contribution in [-0.4, -0.2) is 30.3 Å². The summed E-state index contributed by atoms with van der Waals surface area (Å²) < 4.78 is 4.93. The van der Waals surface area contributed by atoms with Gasteiger partial charge in [0, 0.05) is 17.8 Å². The Labute approximate surface area is 123 Å². The normalized spacial score (nSPS) is 9.76. The number of hydrogen-bond acceptors (Lipinski definition) is 4. The van der Waals surface area contributed by atoms with Gasteiger partial charge in [0.1, 0.15) is 5.75 Å². The molecule has 6 nitrogen and oxygen atoms in total. The van der Waals surface area contributed by atoms with E-state index in [-0.39, 0.29) is 11.8 Å². The van der Waals surface area contributed by atoms with E-state index in [1.54, 1.807) is 19.1 Å². The number of anilines is 1. The Morgan fingerprint density at radius 2 is 1.90 bits per heavy atom. The second-order valence-corrected chi connectivity index (χ2v) is 4.55. The fourth-order valence-electron chi connectivity index (χ4n) is 1.44. The SMILES string of the molecule is C=C(C)C(=O)OCCCCNC(=O)Nc1ccc(O)cc1. The maximum absolute atomic E-state index is 11.5. The third kappa shape index (κ3) is 7.00. The molecule has 21 heavy (non-hydrogen) atoms. The van der Waals surface area contributed by atoms with Crippen molar-refractivity contribution in [1.29, 1.82) is 0 Å². The maximum atomic E-state index is 11.5. The van der Waals surface area contributed by atoms with Crippen molar-refractivity contribution in [3.05, 3.63) is 36.4 Å². The van der Waals surface area contributed by atoms with Gasteiger partial charge in [-0.2, -0.15) is 0 Å². The lowest BCUT2D eigenvalue weighted by Crippen LogP contribution is -2.29. The minimum Gasteiger partial charge on any atom is -0.508 e. The summed E-state index contributed by atoms with van der Waals surface area (Å²) in [4.78, 5) is 22.6. The molecule has 0 aromatic heterocycles. The molecule has 0 aliphatic carbocycles. The molecule has 0 bridgehead atoms. The number of amides is 2. The van der Waals surface area contributed by atoms with Crippen molar-refractivity contribution in [2.24, 2.45) is 0 Å². The highest BCUT2D eigenvalue weighted by molar-refractivity contribution is 5.89. The van der Waals surface area contributed by atoms with Gasteiger partial charge in [-0.1, -0.05) is 6.58 Å². The van der Waals surface area contributed by atoms with Crippen molar-refractivity contribution in [3.8, 4) is 5.75 Å². The second kappa shape index (κ2) is 8.63. The zero-order chi connectivity index (χ0) is 15.7. The van der Waals surface area contributed by atoms with E-state index < -0.39 is 5.97 Å². The van der Waals surface area contributed by atoms with Gasteiger partial charge < -0.3 is 20.5 Å². The van der Waals surface area contributed by atoms with Crippen LogP contribution in [0.1, 0.15) is 19.8 Å². The molecule has 3 N–H and O–H groups in total. The molecule has 0 radical (unpaired) electrons. The first kappa shape index (κ1) is 16.6. The molecular weight excluding hydrogens is 272 g/mol. The van der Waals surface area contributed by atoms with E-state index >= 15 is 0 Å². The van der Waals surface area contributed by atoms with Gasteiger partial charge >= 0.3 is 12.0 Å². The summed E-state index contributed by atoms with van der Waals surface area (Å²) in [7, 11) is 0. The number of ether oxygens (including phenoxy) is 1.